The van der Waals surface area contributed by atoms with Gasteiger partial charge in [-0.1, -0.05) is 18.2 Å². The summed E-state index contributed by atoms with van der Waals surface area (Å²) in [5.41, 5.74) is 1.61. The van der Waals surface area contributed by atoms with E-state index in [-0.39, 0.29) is 22.8 Å². The molecule has 0 radical (unpaired) electrons. The molecule has 0 bridgehead atoms. The third kappa shape index (κ3) is 3.22. The number of rotatable bonds is 6. The first-order valence-electron chi connectivity index (χ1n) is 6.51. The van der Waals surface area contributed by atoms with E-state index < -0.39 is 0 Å². The number of thioether (sulfide) groups is 1. The molecule has 0 saturated heterocycles. The topological polar surface area (TPSA) is 59.2 Å². The van der Waals surface area contributed by atoms with Gasteiger partial charge in [0.2, 0.25) is 0 Å². The number of carbonyl (C=O) groups excluding carboxylic acids is 2. The lowest BCUT2D eigenvalue weighted by Gasteiger charge is -2.09. The SMILES string of the molecule is CCOC(=O)CS[C@H](C)C(=O)c1c[nH]c2ccccc12. The van der Waals surface area contributed by atoms with Crippen LogP contribution in [0.15, 0.2) is 30.5 Å². The molecule has 1 atom stereocenters. The molecule has 0 amide bonds. The van der Waals surface area contributed by atoms with E-state index in [9.17, 15) is 9.59 Å². The van der Waals surface area contributed by atoms with Crippen molar-refractivity contribution in [3.63, 3.8) is 0 Å². The fourth-order valence-electron chi connectivity index (χ4n) is 1.97. The number of benzene rings is 1. The summed E-state index contributed by atoms with van der Waals surface area (Å²) in [5, 5.41) is 0.639. The Labute approximate surface area is 121 Å². The minimum Gasteiger partial charge on any atom is -0.465 e. The minimum absolute atomic E-state index is 0.0248. The van der Waals surface area contributed by atoms with Gasteiger partial charge < -0.3 is 9.72 Å². The molecule has 2 rings (SSSR count). The van der Waals surface area contributed by atoms with Crippen molar-refractivity contribution in [2.45, 2.75) is 19.1 Å². The van der Waals surface area contributed by atoms with Crippen molar-refractivity contribution >= 4 is 34.4 Å². The van der Waals surface area contributed by atoms with Crippen LogP contribution in [0, 0.1) is 0 Å². The van der Waals surface area contributed by atoms with Crippen LogP contribution >= 0.6 is 11.8 Å². The van der Waals surface area contributed by atoms with Crippen molar-refractivity contribution in [2.24, 2.45) is 0 Å². The normalized spacial score (nSPS) is 12.3. The monoisotopic (exact) mass is 291 g/mol. The van der Waals surface area contributed by atoms with E-state index in [4.69, 9.17) is 4.74 Å². The van der Waals surface area contributed by atoms with E-state index in [1.54, 1.807) is 13.1 Å². The molecule has 0 aliphatic carbocycles. The van der Waals surface area contributed by atoms with Gasteiger partial charge in [-0.15, -0.1) is 11.8 Å². The molecule has 1 aromatic heterocycles. The van der Waals surface area contributed by atoms with E-state index in [0.29, 0.717) is 12.2 Å². The van der Waals surface area contributed by atoms with E-state index in [1.807, 2.05) is 31.2 Å². The van der Waals surface area contributed by atoms with Crippen molar-refractivity contribution < 1.29 is 14.3 Å². The Hall–Kier alpha value is -1.75. The van der Waals surface area contributed by atoms with Crippen LogP contribution in [-0.2, 0) is 9.53 Å². The lowest BCUT2D eigenvalue weighted by Crippen LogP contribution is -2.17. The van der Waals surface area contributed by atoms with Crippen LogP contribution in [0.2, 0.25) is 0 Å². The van der Waals surface area contributed by atoms with Crippen molar-refractivity contribution in [1.29, 1.82) is 0 Å². The Morgan fingerprint density at radius 3 is 2.85 bits per heavy atom. The van der Waals surface area contributed by atoms with Crippen molar-refractivity contribution in [3.8, 4) is 0 Å². The number of para-hydroxylation sites is 1. The first-order valence-corrected chi connectivity index (χ1v) is 7.56. The predicted octanol–water partition coefficient (Wildman–Crippen LogP) is 3.04. The van der Waals surface area contributed by atoms with Gasteiger partial charge in [-0.05, 0) is 19.9 Å². The summed E-state index contributed by atoms with van der Waals surface area (Å²) in [6, 6.07) is 7.68. The number of ether oxygens (including phenoxy) is 1. The highest BCUT2D eigenvalue weighted by Crippen LogP contribution is 2.23. The minimum atomic E-state index is -0.281. The Kier molecular flexibility index (Phi) is 4.84. The van der Waals surface area contributed by atoms with Crippen LogP contribution in [-0.4, -0.2) is 34.3 Å². The third-order valence-corrected chi connectivity index (χ3v) is 4.10. The quantitative estimate of drug-likeness (QED) is 0.656. The molecule has 0 fully saturated rings. The maximum Gasteiger partial charge on any atom is 0.315 e. The number of hydrogen-bond acceptors (Lipinski definition) is 4. The molecule has 106 valence electrons. The zero-order valence-electron chi connectivity index (χ0n) is 11.5. The molecule has 2 aromatic rings. The van der Waals surface area contributed by atoms with E-state index >= 15 is 0 Å². The molecule has 1 heterocycles. The molecule has 5 heteroatoms. The molecule has 0 unspecified atom stereocenters. The van der Waals surface area contributed by atoms with Gasteiger partial charge in [0, 0.05) is 22.7 Å². The molecule has 0 saturated carbocycles. The van der Waals surface area contributed by atoms with Crippen LogP contribution < -0.4 is 0 Å². The summed E-state index contributed by atoms with van der Waals surface area (Å²) in [4.78, 5) is 26.8. The first-order chi connectivity index (χ1) is 9.63. The molecular formula is C15H17NO3S. The molecule has 1 N–H and O–H groups in total. The lowest BCUT2D eigenvalue weighted by molar-refractivity contribution is -0.139. The van der Waals surface area contributed by atoms with Crippen LogP contribution in [0.25, 0.3) is 10.9 Å². The summed E-state index contributed by atoms with van der Waals surface area (Å²) in [6.07, 6.45) is 1.73. The predicted molar refractivity (Wildman–Crippen MR) is 81.2 cm³/mol. The van der Waals surface area contributed by atoms with Gasteiger partial charge in [0.05, 0.1) is 17.6 Å². The van der Waals surface area contributed by atoms with Gasteiger partial charge in [-0.2, -0.15) is 0 Å². The summed E-state index contributed by atoms with van der Waals surface area (Å²) < 4.78 is 4.86. The van der Waals surface area contributed by atoms with Crippen LogP contribution in [0.4, 0.5) is 0 Å². The third-order valence-electron chi connectivity index (χ3n) is 2.98. The summed E-state index contributed by atoms with van der Waals surface area (Å²) in [6.45, 7) is 3.95. The number of esters is 1. The molecule has 4 nitrogen and oxygen atoms in total. The van der Waals surface area contributed by atoms with Crippen LogP contribution in [0.3, 0.4) is 0 Å². The number of aromatic amines is 1. The van der Waals surface area contributed by atoms with Gasteiger partial charge in [-0.3, -0.25) is 9.59 Å². The molecule has 0 spiro atoms. The highest BCUT2D eigenvalue weighted by atomic mass is 32.2. The standard InChI is InChI=1S/C15H17NO3S/c1-3-19-14(17)9-20-10(2)15(18)12-8-16-13-7-5-4-6-11(12)13/h4-8,10,16H,3,9H2,1-2H3/t10-/m1/s1. The average molecular weight is 291 g/mol. The summed E-state index contributed by atoms with van der Waals surface area (Å²) in [7, 11) is 0. The van der Waals surface area contributed by atoms with Gasteiger partial charge >= 0.3 is 5.97 Å². The number of hydrogen-bond donors (Lipinski definition) is 1. The average Bonchev–Trinajstić information content (AvgIpc) is 2.88. The Bertz CT molecular complexity index is 620. The van der Waals surface area contributed by atoms with Crippen molar-refractivity contribution in [3.05, 3.63) is 36.0 Å². The smallest absolute Gasteiger partial charge is 0.315 e. The summed E-state index contributed by atoms with van der Waals surface area (Å²) >= 11 is 1.30. The van der Waals surface area contributed by atoms with E-state index in [1.165, 1.54) is 11.8 Å². The van der Waals surface area contributed by atoms with Gasteiger partial charge in [0.15, 0.2) is 5.78 Å². The van der Waals surface area contributed by atoms with E-state index in [0.717, 1.165) is 10.9 Å². The number of carbonyl (C=O) groups is 2. The Morgan fingerprint density at radius 2 is 2.10 bits per heavy atom. The second-order valence-corrected chi connectivity index (χ2v) is 5.70. The highest BCUT2D eigenvalue weighted by Gasteiger charge is 2.20. The van der Waals surface area contributed by atoms with Crippen LogP contribution in [0.5, 0.6) is 0 Å². The number of ketones is 1. The van der Waals surface area contributed by atoms with E-state index in [2.05, 4.69) is 4.98 Å². The molecular weight excluding hydrogens is 274 g/mol. The number of Topliss-reactive ketones (excluding diaryl/α,β-unsaturated/α-hetero) is 1. The Morgan fingerprint density at radius 1 is 1.35 bits per heavy atom. The lowest BCUT2D eigenvalue weighted by atomic mass is 10.1. The highest BCUT2D eigenvalue weighted by molar-refractivity contribution is 8.01. The number of aromatic nitrogens is 1. The van der Waals surface area contributed by atoms with Crippen molar-refractivity contribution in [1.82, 2.24) is 4.98 Å². The number of nitrogens with one attached hydrogen (secondary N) is 1. The summed E-state index contributed by atoms with van der Waals surface area (Å²) in [5.74, 6) is -0.0591. The number of H-pyrrole nitrogens is 1. The van der Waals surface area contributed by atoms with Gasteiger partial charge in [0.25, 0.3) is 0 Å². The van der Waals surface area contributed by atoms with Gasteiger partial charge in [0.1, 0.15) is 0 Å². The second kappa shape index (κ2) is 6.61. The maximum atomic E-state index is 12.4. The zero-order valence-corrected chi connectivity index (χ0v) is 12.3. The first kappa shape index (κ1) is 14.7. The largest absolute Gasteiger partial charge is 0.465 e. The fourth-order valence-corrected chi connectivity index (χ4v) is 2.71. The second-order valence-electron chi connectivity index (χ2n) is 4.37. The van der Waals surface area contributed by atoms with Crippen molar-refractivity contribution in [2.75, 3.05) is 12.4 Å². The van der Waals surface area contributed by atoms with Crippen LogP contribution in [0.1, 0.15) is 24.2 Å². The molecule has 1 aromatic carbocycles. The zero-order chi connectivity index (χ0) is 14.5. The molecule has 0 aliphatic heterocycles. The molecule has 20 heavy (non-hydrogen) atoms. The fraction of sp³-hybridized carbons (Fsp3) is 0.333. The van der Waals surface area contributed by atoms with Gasteiger partial charge in [-0.25, -0.2) is 0 Å². The maximum absolute atomic E-state index is 12.4. The number of fused-ring (bicyclic) bond motifs is 1. The Balaban J connectivity index is 2.05. The molecule has 0 aliphatic rings.